The molecule has 0 atom stereocenters. The van der Waals surface area contributed by atoms with Crippen molar-refractivity contribution in [1.82, 2.24) is 14.3 Å². The van der Waals surface area contributed by atoms with E-state index in [1.807, 2.05) is 0 Å². The van der Waals surface area contributed by atoms with E-state index in [0.29, 0.717) is 5.69 Å². The summed E-state index contributed by atoms with van der Waals surface area (Å²) in [5, 5.41) is 4.07. The summed E-state index contributed by atoms with van der Waals surface area (Å²) in [6, 6.07) is 5.51. The summed E-state index contributed by atoms with van der Waals surface area (Å²) in [5.74, 6) is -2.05. The van der Waals surface area contributed by atoms with E-state index >= 15 is 0 Å². The van der Waals surface area contributed by atoms with Crippen molar-refractivity contribution in [1.29, 1.82) is 0 Å². The highest BCUT2D eigenvalue weighted by atomic mass is 19.1. The molecule has 23 heavy (non-hydrogen) atoms. The van der Waals surface area contributed by atoms with Crippen molar-refractivity contribution < 1.29 is 18.7 Å². The number of carbonyl (C=O) groups excluding carboxylic acids is 2. The van der Waals surface area contributed by atoms with Crippen LogP contribution in [-0.4, -0.2) is 32.8 Å². The molecule has 0 saturated carbocycles. The second-order valence-corrected chi connectivity index (χ2v) is 4.55. The van der Waals surface area contributed by atoms with E-state index in [4.69, 9.17) is 4.74 Å². The largest absolute Gasteiger partial charge is 0.462 e. The Hall–Kier alpha value is -3.03. The summed E-state index contributed by atoms with van der Waals surface area (Å²) >= 11 is 0. The van der Waals surface area contributed by atoms with Crippen LogP contribution in [-0.2, 0) is 21.4 Å². The lowest BCUT2D eigenvalue weighted by Crippen LogP contribution is -2.26. The van der Waals surface area contributed by atoms with Crippen LogP contribution in [0, 0.1) is 5.82 Å². The molecule has 2 rings (SSSR count). The van der Waals surface area contributed by atoms with E-state index < -0.39 is 17.7 Å². The van der Waals surface area contributed by atoms with Crippen molar-refractivity contribution in [3.8, 4) is 5.69 Å². The van der Waals surface area contributed by atoms with Crippen LogP contribution in [0.5, 0.6) is 0 Å². The van der Waals surface area contributed by atoms with Crippen molar-refractivity contribution in [2.75, 3.05) is 6.61 Å². The monoisotopic (exact) mass is 318 g/mol. The third kappa shape index (κ3) is 3.60. The molecule has 7 nitrogen and oxygen atoms in total. The van der Waals surface area contributed by atoms with E-state index in [9.17, 15) is 14.0 Å². The lowest BCUT2D eigenvalue weighted by atomic mass is 10.3. The van der Waals surface area contributed by atoms with Gasteiger partial charge in [0.15, 0.2) is 0 Å². The zero-order valence-corrected chi connectivity index (χ0v) is 12.7. The highest BCUT2D eigenvalue weighted by Gasteiger charge is 2.17. The van der Waals surface area contributed by atoms with Crippen molar-refractivity contribution in [2.45, 2.75) is 6.92 Å². The van der Waals surface area contributed by atoms with E-state index in [-0.39, 0.29) is 17.8 Å². The maximum absolute atomic E-state index is 13.0. The number of amides is 1. The Labute approximate surface area is 131 Å². The molecule has 0 spiro atoms. The smallest absolute Gasteiger partial charge is 0.343 e. The Bertz CT molecular complexity index is 818. The number of benzene rings is 1. The zero-order valence-electron chi connectivity index (χ0n) is 12.7. The summed E-state index contributed by atoms with van der Waals surface area (Å²) in [7, 11) is 1.63. The highest BCUT2D eigenvalue weighted by molar-refractivity contribution is 6.16. The minimum absolute atomic E-state index is 0.131. The van der Waals surface area contributed by atoms with Gasteiger partial charge in [0, 0.05) is 7.05 Å². The van der Waals surface area contributed by atoms with E-state index in [1.54, 1.807) is 14.0 Å². The predicted octanol–water partition coefficient (Wildman–Crippen LogP) is 0.896. The summed E-state index contributed by atoms with van der Waals surface area (Å²) in [4.78, 5) is 27.4. The summed E-state index contributed by atoms with van der Waals surface area (Å²) < 4.78 is 20.6. The molecule has 0 aliphatic carbocycles. The lowest BCUT2D eigenvalue weighted by Gasteiger charge is -2.03. The van der Waals surface area contributed by atoms with Crippen LogP contribution in [0.4, 0.5) is 4.39 Å². The number of esters is 1. The fraction of sp³-hybridized carbons (Fsp3) is 0.200. The number of rotatable bonds is 4. The van der Waals surface area contributed by atoms with Gasteiger partial charge in [-0.15, -0.1) is 0 Å². The van der Waals surface area contributed by atoms with Crippen LogP contribution in [0.25, 0.3) is 5.69 Å². The fourth-order valence-electron chi connectivity index (χ4n) is 1.74. The second-order valence-electron chi connectivity index (χ2n) is 4.55. The van der Waals surface area contributed by atoms with Crippen LogP contribution in [0.15, 0.2) is 47.7 Å². The average Bonchev–Trinajstić information content (AvgIpc) is 2.88. The third-order valence-corrected chi connectivity index (χ3v) is 2.90. The molecule has 0 radical (unpaired) electrons. The van der Waals surface area contributed by atoms with Gasteiger partial charge in [-0.25, -0.2) is 9.18 Å². The molecule has 8 heteroatoms. The van der Waals surface area contributed by atoms with Gasteiger partial charge in [0.1, 0.15) is 17.7 Å². The third-order valence-electron chi connectivity index (χ3n) is 2.90. The topological polar surface area (TPSA) is 78.5 Å². The van der Waals surface area contributed by atoms with E-state index in [1.165, 1.54) is 39.8 Å². The van der Waals surface area contributed by atoms with Crippen LogP contribution < -0.4 is 5.62 Å². The van der Waals surface area contributed by atoms with Gasteiger partial charge >= 0.3 is 5.97 Å². The number of nitrogens with zero attached hydrogens (tertiary/aromatic N) is 4. The summed E-state index contributed by atoms with van der Waals surface area (Å²) in [6.45, 7) is 5.14. The van der Waals surface area contributed by atoms with Gasteiger partial charge in [-0.3, -0.25) is 4.79 Å². The van der Waals surface area contributed by atoms with Crippen molar-refractivity contribution >= 4 is 11.9 Å². The number of hydrogen-bond donors (Lipinski definition) is 0. The number of halogens is 1. The standard InChI is InChI=1S/C15H15FN4O3/c1-4-23-14(22)10(2)13(21)18-15-19(3)9-17-20(15)12-7-5-11(16)6-8-12/h5-9H,2,4H2,1,3H3. The molecule has 2 aromatic rings. The molecule has 1 amide bonds. The van der Waals surface area contributed by atoms with Crippen molar-refractivity contribution in [3.05, 3.63) is 54.2 Å². The fourth-order valence-corrected chi connectivity index (χ4v) is 1.74. The van der Waals surface area contributed by atoms with Gasteiger partial charge in [0.25, 0.3) is 5.91 Å². The molecule has 0 bridgehead atoms. The molecule has 0 unspecified atom stereocenters. The molecular weight excluding hydrogens is 303 g/mol. The van der Waals surface area contributed by atoms with Gasteiger partial charge in [-0.1, -0.05) is 6.58 Å². The maximum atomic E-state index is 13.0. The first-order valence-electron chi connectivity index (χ1n) is 6.75. The molecule has 1 aromatic heterocycles. The molecule has 120 valence electrons. The zero-order chi connectivity index (χ0) is 17.0. The van der Waals surface area contributed by atoms with Crippen LogP contribution >= 0.6 is 0 Å². The molecule has 0 N–H and O–H groups in total. The van der Waals surface area contributed by atoms with Crippen LogP contribution in [0.2, 0.25) is 0 Å². The number of aromatic nitrogens is 3. The molecule has 0 aliphatic rings. The number of hydrogen-bond acceptors (Lipinski definition) is 4. The molecule has 0 fully saturated rings. The number of ether oxygens (including phenoxy) is 1. The summed E-state index contributed by atoms with van der Waals surface area (Å²) in [6.07, 6.45) is 1.43. The number of carbonyl (C=O) groups is 2. The Morgan fingerprint density at radius 3 is 2.61 bits per heavy atom. The van der Waals surface area contributed by atoms with E-state index in [2.05, 4.69) is 16.7 Å². The Balaban J connectivity index is 2.42. The molecule has 1 aromatic carbocycles. The van der Waals surface area contributed by atoms with Gasteiger partial charge in [0.05, 0.1) is 12.3 Å². The Kier molecular flexibility index (Phi) is 4.85. The second kappa shape index (κ2) is 6.82. The van der Waals surface area contributed by atoms with Gasteiger partial charge < -0.3 is 9.30 Å². The highest BCUT2D eigenvalue weighted by Crippen LogP contribution is 2.05. The number of aryl methyl sites for hydroxylation is 1. The molecule has 1 heterocycles. The summed E-state index contributed by atoms with van der Waals surface area (Å²) in [5.41, 5.74) is 0.297. The maximum Gasteiger partial charge on any atom is 0.343 e. The first kappa shape index (κ1) is 16.3. The quantitative estimate of drug-likeness (QED) is 0.363. The lowest BCUT2D eigenvalue weighted by molar-refractivity contribution is -0.139. The van der Waals surface area contributed by atoms with Crippen LogP contribution in [0.3, 0.4) is 0 Å². The first-order chi connectivity index (χ1) is 10.9. The van der Waals surface area contributed by atoms with E-state index in [0.717, 1.165) is 0 Å². The molecular formula is C15H15FN4O3. The molecule has 0 aliphatic heterocycles. The average molecular weight is 318 g/mol. The van der Waals surface area contributed by atoms with Crippen molar-refractivity contribution in [2.24, 2.45) is 12.0 Å². The SMILES string of the molecule is C=C(C(=O)N=c1n(C)cnn1-c1ccc(F)cc1)C(=O)OCC. The minimum atomic E-state index is -0.831. The Morgan fingerprint density at radius 2 is 2.00 bits per heavy atom. The van der Waals surface area contributed by atoms with Crippen molar-refractivity contribution in [3.63, 3.8) is 0 Å². The van der Waals surface area contributed by atoms with Gasteiger partial charge in [-0.05, 0) is 31.2 Å². The van der Waals surface area contributed by atoms with Crippen LogP contribution in [0.1, 0.15) is 6.92 Å². The normalized spacial score (nSPS) is 11.3. The van der Waals surface area contributed by atoms with Gasteiger partial charge in [0.2, 0.25) is 5.62 Å². The Morgan fingerprint density at radius 1 is 1.35 bits per heavy atom. The first-order valence-corrected chi connectivity index (χ1v) is 6.75. The predicted molar refractivity (Wildman–Crippen MR) is 78.8 cm³/mol. The van der Waals surface area contributed by atoms with Gasteiger partial charge in [-0.2, -0.15) is 14.8 Å². The molecule has 0 saturated heterocycles. The minimum Gasteiger partial charge on any atom is -0.462 e.